The van der Waals surface area contributed by atoms with Crippen molar-refractivity contribution < 1.29 is 13.2 Å². The number of hydrogen-bond acceptors (Lipinski definition) is 0. The van der Waals surface area contributed by atoms with Gasteiger partial charge in [-0.1, -0.05) is 65.1 Å². The average Bonchev–Trinajstić information content (AvgIpc) is 2.48. The molecule has 0 aliphatic rings. The molecule has 0 bridgehead atoms. The van der Waals surface area contributed by atoms with E-state index in [9.17, 15) is 13.2 Å². The Labute approximate surface area is 146 Å². The zero-order valence-electron chi connectivity index (χ0n) is 11.6. The molecule has 0 aromatic heterocycles. The molecule has 0 aliphatic carbocycles. The summed E-state index contributed by atoms with van der Waals surface area (Å²) < 4.78 is 39.8. The summed E-state index contributed by atoms with van der Waals surface area (Å²) in [5.74, 6) is 0. The van der Waals surface area contributed by atoms with E-state index < -0.39 is 11.7 Å². The number of alkyl halides is 3. The van der Waals surface area contributed by atoms with E-state index in [0.29, 0.717) is 6.42 Å². The third kappa shape index (κ3) is 4.79. The van der Waals surface area contributed by atoms with Crippen molar-refractivity contribution >= 4 is 40.4 Å². The highest BCUT2D eigenvalue weighted by atomic mass is 35.5. The summed E-state index contributed by atoms with van der Waals surface area (Å²) in [6, 6.07) is 11.4. The molecule has 0 nitrogen and oxygen atoms in total. The summed E-state index contributed by atoms with van der Waals surface area (Å²) in [7, 11) is 0. The van der Waals surface area contributed by atoms with Crippen molar-refractivity contribution in [1.29, 1.82) is 0 Å². The molecule has 0 radical (unpaired) electrons. The molecule has 0 heterocycles. The van der Waals surface area contributed by atoms with Gasteiger partial charge in [-0.25, -0.2) is 0 Å². The Bertz CT molecular complexity index is 735. The second kappa shape index (κ2) is 7.46. The van der Waals surface area contributed by atoms with Gasteiger partial charge < -0.3 is 0 Å². The van der Waals surface area contributed by atoms with Gasteiger partial charge in [0.05, 0.1) is 15.1 Å². The molecule has 0 unspecified atom stereocenters. The molecule has 23 heavy (non-hydrogen) atoms. The van der Waals surface area contributed by atoms with Crippen molar-refractivity contribution in [3.63, 3.8) is 0 Å². The minimum absolute atomic E-state index is 0.0203. The lowest BCUT2D eigenvalue weighted by molar-refractivity contribution is -0.0687. The van der Waals surface area contributed by atoms with Crippen molar-refractivity contribution in [2.75, 3.05) is 0 Å². The largest absolute Gasteiger partial charge is 0.424 e. The third-order valence-corrected chi connectivity index (χ3v) is 4.18. The van der Waals surface area contributed by atoms with Gasteiger partial charge in [-0.05, 0) is 35.8 Å². The Morgan fingerprint density at radius 1 is 1.00 bits per heavy atom. The summed E-state index contributed by atoms with van der Waals surface area (Å²) in [5, 5.41) is -0.0616. The topological polar surface area (TPSA) is 0 Å². The van der Waals surface area contributed by atoms with Crippen molar-refractivity contribution in [2.24, 2.45) is 0 Å². The van der Waals surface area contributed by atoms with Crippen molar-refractivity contribution in [1.82, 2.24) is 0 Å². The van der Waals surface area contributed by atoms with E-state index in [0.717, 1.165) is 17.7 Å². The normalized spacial score (nSPS) is 11.0. The van der Waals surface area contributed by atoms with E-state index in [1.807, 2.05) is 30.3 Å². The smallest absolute Gasteiger partial charge is 0.165 e. The minimum atomic E-state index is -4.59. The van der Waals surface area contributed by atoms with Crippen molar-refractivity contribution in [3.05, 3.63) is 80.5 Å². The van der Waals surface area contributed by atoms with E-state index in [2.05, 4.69) is 5.73 Å². The first kappa shape index (κ1) is 18.0. The molecule has 0 amide bonds. The van der Waals surface area contributed by atoms with E-state index in [4.69, 9.17) is 34.8 Å². The second-order valence-corrected chi connectivity index (χ2v) is 5.86. The SMILES string of the molecule is FC(F)(F)C(=C=CCc1ccccc1)c1cc(Cl)c(Cl)c(Cl)c1. The van der Waals surface area contributed by atoms with Crippen LogP contribution in [-0.2, 0) is 6.42 Å². The summed E-state index contributed by atoms with van der Waals surface area (Å²) in [6.07, 6.45) is -2.93. The predicted molar refractivity (Wildman–Crippen MR) is 89.2 cm³/mol. The second-order valence-electron chi connectivity index (χ2n) is 4.66. The van der Waals surface area contributed by atoms with Crippen molar-refractivity contribution in [3.8, 4) is 0 Å². The lowest BCUT2D eigenvalue weighted by Crippen LogP contribution is -2.10. The molecule has 2 aromatic rings. The van der Waals surface area contributed by atoms with Crippen LogP contribution in [0.25, 0.3) is 5.57 Å². The van der Waals surface area contributed by atoms with Crippen molar-refractivity contribution in [2.45, 2.75) is 12.6 Å². The highest BCUT2D eigenvalue weighted by Crippen LogP contribution is 2.38. The lowest BCUT2D eigenvalue weighted by Gasteiger charge is -2.11. The fourth-order valence-corrected chi connectivity index (χ4v) is 2.51. The average molecular weight is 378 g/mol. The first-order valence-corrected chi connectivity index (χ1v) is 7.63. The number of rotatable bonds is 3. The molecule has 0 saturated heterocycles. The van der Waals surface area contributed by atoms with Gasteiger partial charge in [0.25, 0.3) is 0 Å². The van der Waals surface area contributed by atoms with Gasteiger partial charge in [0, 0.05) is 0 Å². The minimum Gasteiger partial charge on any atom is -0.165 e. The van der Waals surface area contributed by atoms with Crippen LogP contribution in [0.15, 0.2) is 54.3 Å². The third-order valence-electron chi connectivity index (χ3n) is 2.98. The number of allylic oxidation sites excluding steroid dienone is 1. The van der Waals surface area contributed by atoms with Gasteiger partial charge in [0.2, 0.25) is 0 Å². The molecule has 0 aliphatic heterocycles. The van der Waals surface area contributed by atoms with E-state index in [1.165, 1.54) is 6.08 Å². The lowest BCUT2D eigenvalue weighted by atomic mass is 10.1. The van der Waals surface area contributed by atoms with Gasteiger partial charge in [0.15, 0.2) is 0 Å². The van der Waals surface area contributed by atoms with Gasteiger partial charge >= 0.3 is 6.18 Å². The predicted octanol–water partition coefficient (Wildman–Crippen LogP) is 6.99. The van der Waals surface area contributed by atoms with Gasteiger partial charge in [-0.15, -0.1) is 5.73 Å². The Hall–Kier alpha value is -1.38. The van der Waals surface area contributed by atoms with Crippen LogP contribution in [0.4, 0.5) is 13.2 Å². The molecule has 2 rings (SSSR count). The molecular weight excluding hydrogens is 368 g/mol. The Balaban J connectivity index is 2.44. The molecule has 2 aromatic carbocycles. The molecular formula is C17H10Cl3F3. The first-order chi connectivity index (χ1) is 10.8. The van der Waals surface area contributed by atoms with Crippen LogP contribution in [0, 0.1) is 0 Å². The van der Waals surface area contributed by atoms with E-state index in [1.54, 1.807) is 0 Å². The van der Waals surface area contributed by atoms with Crippen LogP contribution in [0.2, 0.25) is 15.1 Å². The summed E-state index contributed by atoms with van der Waals surface area (Å²) in [5.41, 5.74) is 2.06. The van der Waals surface area contributed by atoms with Crippen LogP contribution in [0.3, 0.4) is 0 Å². The molecule has 120 valence electrons. The maximum atomic E-state index is 13.3. The monoisotopic (exact) mass is 376 g/mol. The summed E-state index contributed by atoms with van der Waals surface area (Å²) in [6.45, 7) is 0. The van der Waals surface area contributed by atoms with Crippen LogP contribution in [-0.4, -0.2) is 6.18 Å². The van der Waals surface area contributed by atoms with E-state index in [-0.39, 0.29) is 20.6 Å². The Morgan fingerprint density at radius 3 is 2.09 bits per heavy atom. The van der Waals surface area contributed by atoms with Gasteiger partial charge in [-0.3, -0.25) is 0 Å². The molecule has 0 spiro atoms. The summed E-state index contributed by atoms with van der Waals surface area (Å²) >= 11 is 17.4. The van der Waals surface area contributed by atoms with Gasteiger partial charge in [-0.2, -0.15) is 13.2 Å². The summed E-state index contributed by atoms with van der Waals surface area (Å²) in [4.78, 5) is 0. The fraction of sp³-hybridized carbons (Fsp3) is 0.118. The quantitative estimate of drug-likeness (QED) is 0.399. The van der Waals surface area contributed by atoms with Gasteiger partial charge in [0.1, 0.15) is 5.57 Å². The number of hydrogen-bond donors (Lipinski definition) is 0. The first-order valence-electron chi connectivity index (χ1n) is 6.50. The standard InChI is InChI=1S/C17H10Cl3F3/c18-14-9-12(10-15(19)16(14)20)13(17(21,22)23)8-4-7-11-5-2-1-3-6-11/h1-6,9-10H,7H2. The number of benzene rings is 2. The fourth-order valence-electron chi connectivity index (χ4n) is 1.91. The Morgan fingerprint density at radius 2 is 1.57 bits per heavy atom. The number of halogens is 6. The molecule has 0 fully saturated rings. The van der Waals surface area contributed by atoms with Crippen LogP contribution < -0.4 is 0 Å². The molecule has 6 heteroatoms. The van der Waals surface area contributed by atoms with Crippen LogP contribution >= 0.6 is 34.8 Å². The van der Waals surface area contributed by atoms with E-state index >= 15 is 0 Å². The zero-order valence-corrected chi connectivity index (χ0v) is 13.9. The molecule has 0 atom stereocenters. The highest BCUT2D eigenvalue weighted by molar-refractivity contribution is 6.48. The highest BCUT2D eigenvalue weighted by Gasteiger charge is 2.35. The maximum Gasteiger partial charge on any atom is 0.424 e. The van der Waals surface area contributed by atoms with Crippen LogP contribution in [0.5, 0.6) is 0 Å². The van der Waals surface area contributed by atoms with Crippen LogP contribution in [0.1, 0.15) is 11.1 Å². The Kier molecular flexibility index (Phi) is 5.83. The maximum absolute atomic E-state index is 13.3. The zero-order chi connectivity index (χ0) is 17.0. The molecule has 0 saturated carbocycles. The molecule has 0 N–H and O–H groups in total.